The monoisotopic (exact) mass is 321 g/mol. The molecule has 1 N–H and O–H groups in total. The fraction of sp³-hybridized carbons (Fsp3) is 0.375. The Bertz CT molecular complexity index is 575. The van der Waals surface area contributed by atoms with Gasteiger partial charge in [0.1, 0.15) is 5.76 Å². The molecular weight excluding hydrogens is 302 g/mol. The third-order valence-corrected chi connectivity index (χ3v) is 4.31. The van der Waals surface area contributed by atoms with E-state index in [0.717, 1.165) is 10.4 Å². The molecule has 0 fully saturated rings. The van der Waals surface area contributed by atoms with Gasteiger partial charge in [-0.05, 0) is 90.6 Å². The molecule has 2 nitrogen and oxygen atoms in total. The standard InChI is InChI=1S/C16H20BrNO/c1-9-8-10(2)12(4)15(11(9)3)16(18-5)13-6-7-14(17)19-13/h6-8,16,18H,1-5H3. The molecule has 2 rings (SSSR count). The van der Waals surface area contributed by atoms with Gasteiger partial charge in [-0.3, -0.25) is 0 Å². The van der Waals surface area contributed by atoms with Gasteiger partial charge in [0.05, 0.1) is 6.04 Å². The molecule has 19 heavy (non-hydrogen) atoms. The van der Waals surface area contributed by atoms with Crippen LogP contribution in [-0.4, -0.2) is 7.05 Å². The minimum absolute atomic E-state index is 0.0879. The van der Waals surface area contributed by atoms with Crippen LogP contribution in [0.1, 0.15) is 39.6 Å². The van der Waals surface area contributed by atoms with Crippen molar-refractivity contribution in [2.24, 2.45) is 0 Å². The molecule has 3 heteroatoms. The second-order valence-electron chi connectivity index (χ2n) is 5.04. The Labute approximate surface area is 123 Å². The Kier molecular flexibility index (Phi) is 4.16. The Morgan fingerprint density at radius 1 is 1.05 bits per heavy atom. The lowest BCUT2D eigenvalue weighted by Crippen LogP contribution is -2.20. The van der Waals surface area contributed by atoms with Crippen LogP contribution in [-0.2, 0) is 0 Å². The minimum atomic E-state index is 0.0879. The molecule has 1 atom stereocenters. The summed E-state index contributed by atoms with van der Waals surface area (Å²) in [6.07, 6.45) is 0. The number of benzene rings is 1. The van der Waals surface area contributed by atoms with Gasteiger partial charge >= 0.3 is 0 Å². The van der Waals surface area contributed by atoms with Gasteiger partial charge in [0.25, 0.3) is 0 Å². The Morgan fingerprint density at radius 3 is 2.05 bits per heavy atom. The van der Waals surface area contributed by atoms with Gasteiger partial charge in [0, 0.05) is 0 Å². The first-order chi connectivity index (χ1) is 8.95. The minimum Gasteiger partial charge on any atom is -0.452 e. The first-order valence-corrected chi connectivity index (χ1v) is 7.24. The fourth-order valence-corrected chi connectivity index (χ4v) is 2.91. The van der Waals surface area contributed by atoms with Crippen molar-refractivity contribution < 1.29 is 4.42 Å². The summed E-state index contributed by atoms with van der Waals surface area (Å²) < 4.78 is 6.50. The quantitative estimate of drug-likeness (QED) is 0.894. The molecule has 0 amide bonds. The molecule has 0 aliphatic rings. The summed E-state index contributed by atoms with van der Waals surface area (Å²) in [5.74, 6) is 0.936. The molecule has 0 aliphatic heterocycles. The van der Waals surface area contributed by atoms with E-state index in [0.29, 0.717) is 0 Å². The van der Waals surface area contributed by atoms with E-state index in [1.165, 1.54) is 27.8 Å². The molecule has 0 radical (unpaired) electrons. The van der Waals surface area contributed by atoms with Crippen molar-refractivity contribution >= 4 is 15.9 Å². The van der Waals surface area contributed by atoms with Gasteiger partial charge in [-0.15, -0.1) is 0 Å². The molecule has 0 bridgehead atoms. The zero-order valence-corrected chi connectivity index (χ0v) is 13.7. The van der Waals surface area contributed by atoms with Crippen LogP contribution in [0.25, 0.3) is 0 Å². The second-order valence-corrected chi connectivity index (χ2v) is 5.82. The van der Waals surface area contributed by atoms with E-state index in [2.05, 4.69) is 55.0 Å². The van der Waals surface area contributed by atoms with E-state index in [-0.39, 0.29) is 6.04 Å². The second kappa shape index (κ2) is 5.51. The van der Waals surface area contributed by atoms with Gasteiger partial charge in [0.2, 0.25) is 0 Å². The number of nitrogens with one attached hydrogen (secondary N) is 1. The Hall–Kier alpha value is -1.06. The van der Waals surface area contributed by atoms with Gasteiger partial charge < -0.3 is 9.73 Å². The van der Waals surface area contributed by atoms with Gasteiger partial charge in [-0.1, -0.05) is 6.07 Å². The number of rotatable bonds is 3. The van der Waals surface area contributed by atoms with Crippen LogP contribution in [0.15, 0.2) is 27.3 Å². The first-order valence-electron chi connectivity index (χ1n) is 6.45. The maximum atomic E-state index is 5.73. The summed E-state index contributed by atoms with van der Waals surface area (Å²) in [5, 5.41) is 3.37. The largest absolute Gasteiger partial charge is 0.452 e. The van der Waals surface area contributed by atoms with E-state index >= 15 is 0 Å². The van der Waals surface area contributed by atoms with Gasteiger partial charge in [0.15, 0.2) is 4.67 Å². The average molecular weight is 322 g/mol. The molecule has 0 aliphatic carbocycles. The highest BCUT2D eigenvalue weighted by Crippen LogP contribution is 2.32. The highest BCUT2D eigenvalue weighted by atomic mass is 79.9. The van der Waals surface area contributed by atoms with E-state index in [4.69, 9.17) is 4.42 Å². The molecule has 102 valence electrons. The maximum absolute atomic E-state index is 5.73. The zero-order chi connectivity index (χ0) is 14.2. The molecule has 1 aromatic heterocycles. The molecule has 0 saturated heterocycles. The lowest BCUT2D eigenvalue weighted by atomic mass is 9.89. The van der Waals surface area contributed by atoms with Crippen molar-refractivity contribution in [2.75, 3.05) is 7.05 Å². The SMILES string of the molecule is CNC(c1ccc(Br)o1)c1c(C)c(C)cc(C)c1C. The molecule has 0 spiro atoms. The third kappa shape index (κ3) is 2.63. The summed E-state index contributed by atoms with van der Waals surface area (Å²) in [7, 11) is 1.97. The summed E-state index contributed by atoms with van der Waals surface area (Å²) >= 11 is 3.37. The topological polar surface area (TPSA) is 25.2 Å². The third-order valence-electron chi connectivity index (χ3n) is 3.88. The molecular formula is C16H20BrNO. The van der Waals surface area contributed by atoms with Crippen molar-refractivity contribution in [3.8, 4) is 0 Å². The van der Waals surface area contributed by atoms with Crippen molar-refractivity contribution in [3.63, 3.8) is 0 Å². The van der Waals surface area contributed by atoms with Gasteiger partial charge in [-0.2, -0.15) is 0 Å². The molecule has 2 aromatic rings. The van der Waals surface area contributed by atoms with Crippen molar-refractivity contribution in [3.05, 3.63) is 56.4 Å². The first kappa shape index (κ1) is 14.4. The number of furan rings is 1. The van der Waals surface area contributed by atoms with Crippen LogP contribution in [0, 0.1) is 27.7 Å². The van der Waals surface area contributed by atoms with Crippen LogP contribution < -0.4 is 5.32 Å². The van der Waals surface area contributed by atoms with E-state index in [9.17, 15) is 0 Å². The van der Waals surface area contributed by atoms with E-state index in [1.807, 2.05) is 19.2 Å². The number of hydrogen-bond acceptors (Lipinski definition) is 2. The normalized spacial score (nSPS) is 12.7. The fourth-order valence-electron chi connectivity index (χ4n) is 2.59. The Morgan fingerprint density at radius 2 is 1.63 bits per heavy atom. The smallest absolute Gasteiger partial charge is 0.169 e. The Balaban J connectivity index is 2.61. The lowest BCUT2D eigenvalue weighted by Gasteiger charge is -2.22. The van der Waals surface area contributed by atoms with Gasteiger partial charge in [-0.25, -0.2) is 0 Å². The molecule has 0 saturated carbocycles. The number of hydrogen-bond donors (Lipinski definition) is 1. The van der Waals surface area contributed by atoms with Crippen LogP contribution in [0.5, 0.6) is 0 Å². The number of aryl methyl sites for hydroxylation is 2. The summed E-state index contributed by atoms with van der Waals surface area (Å²) in [6, 6.07) is 6.29. The summed E-state index contributed by atoms with van der Waals surface area (Å²) in [4.78, 5) is 0. The van der Waals surface area contributed by atoms with Crippen LogP contribution in [0.3, 0.4) is 0 Å². The molecule has 1 unspecified atom stereocenters. The predicted molar refractivity (Wildman–Crippen MR) is 82.7 cm³/mol. The summed E-state index contributed by atoms with van der Waals surface area (Å²) in [5.41, 5.74) is 6.62. The highest BCUT2D eigenvalue weighted by molar-refractivity contribution is 9.10. The van der Waals surface area contributed by atoms with Crippen molar-refractivity contribution in [2.45, 2.75) is 33.7 Å². The predicted octanol–water partition coefficient (Wildman–Crippen LogP) is 4.58. The van der Waals surface area contributed by atoms with Crippen LogP contribution >= 0.6 is 15.9 Å². The maximum Gasteiger partial charge on any atom is 0.169 e. The van der Waals surface area contributed by atoms with Crippen molar-refractivity contribution in [1.29, 1.82) is 0 Å². The number of halogens is 1. The molecule has 1 heterocycles. The average Bonchev–Trinajstić information content (AvgIpc) is 2.78. The summed E-state index contributed by atoms with van der Waals surface area (Å²) in [6.45, 7) is 8.69. The van der Waals surface area contributed by atoms with Crippen LogP contribution in [0.2, 0.25) is 0 Å². The van der Waals surface area contributed by atoms with E-state index < -0.39 is 0 Å². The molecule has 1 aromatic carbocycles. The lowest BCUT2D eigenvalue weighted by molar-refractivity contribution is 0.445. The van der Waals surface area contributed by atoms with Crippen LogP contribution in [0.4, 0.5) is 0 Å². The van der Waals surface area contributed by atoms with E-state index in [1.54, 1.807) is 0 Å². The highest BCUT2D eigenvalue weighted by Gasteiger charge is 2.21. The van der Waals surface area contributed by atoms with Crippen molar-refractivity contribution in [1.82, 2.24) is 5.32 Å². The zero-order valence-electron chi connectivity index (χ0n) is 12.1.